The number of anilines is 2. The van der Waals surface area contributed by atoms with Crippen molar-refractivity contribution in [1.82, 2.24) is 19.9 Å². The number of imidazole rings is 1. The number of nitrogens with one attached hydrogen (secondary N) is 1. The van der Waals surface area contributed by atoms with Crippen LogP contribution in [0.2, 0.25) is 0 Å². The molecule has 6 nitrogen and oxygen atoms in total. The summed E-state index contributed by atoms with van der Waals surface area (Å²) >= 11 is 0. The number of hydrogen-bond acceptors (Lipinski definition) is 5. The standard InChI is InChI=1S/C14H20N6/c15-14-18-12-11(16-8-17-12)13(19-14)20-7-3-6-10(20)9-4-1-2-5-9/h8-10H,1-7H2,(H3,15,16,17,18,19). The molecule has 1 saturated carbocycles. The van der Waals surface area contributed by atoms with Crippen molar-refractivity contribution in [3.8, 4) is 0 Å². The van der Waals surface area contributed by atoms with Crippen LogP contribution in [0.25, 0.3) is 11.2 Å². The second kappa shape index (κ2) is 4.61. The third kappa shape index (κ3) is 1.82. The maximum atomic E-state index is 5.85. The number of rotatable bonds is 2. The van der Waals surface area contributed by atoms with Crippen molar-refractivity contribution in [3.63, 3.8) is 0 Å². The predicted octanol–water partition coefficient (Wildman–Crippen LogP) is 2.09. The first-order valence-corrected chi connectivity index (χ1v) is 7.56. The molecule has 2 fully saturated rings. The highest BCUT2D eigenvalue weighted by Crippen LogP contribution is 2.38. The van der Waals surface area contributed by atoms with Crippen molar-refractivity contribution in [3.05, 3.63) is 6.33 Å². The van der Waals surface area contributed by atoms with Crippen LogP contribution in [0, 0.1) is 5.92 Å². The van der Waals surface area contributed by atoms with Crippen LogP contribution in [-0.4, -0.2) is 32.5 Å². The summed E-state index contributed by atoms with van der Waals surface area (Å²) in [5.74, 6) is 2.07. The Morgan fingerprint density at radius 2 is 2.00 bits per heavy atom. The Morgan fingerprint density at radius 1 is 1.15 bits per heavy atom. The Labute approximate surface area is 117 Å². The van der Waals surface area contributed by atoms with Gasteiger partial charge in [-0.25, -0.2) is 4.98 Å². The van der Waals surface area contributed by atoms with Crippen molar-refractivity contribution in [1.29, 1.82) is 0 Å². The van der Waals surface area contributed by atoms with E-state index in [0.717, 1.165) is 23.8 Å². The van der Waals surface area contributed by atoms with Crippen LogP contribution >= 0.6 is 0 Å². The second-order valence-corrected chi connectivity index (χ2v) is 5.95. The average Bonchev–Trinajstić information content (AvgIpc) is 3.17. The number of aromatic amines is 1. The number of nitrogens with two attached hydrogens (primary N) is 1. The fourth-order valence-electron chi connectivity index (χ4n) is 3.93. The zero-order valence-electron chi connectivity index (χ0n) is 11.5. The highest BCUT2D eigenvalue weighted by molar-refractivity contribution is 5.84. The zero-order valence-corrected chi connectivity index (χ0v) is 11.5. The molecule has 0 radical (unpaired) electrons. The van der Waals surface area contributed by atoms with E-state index in [0.29, 0.717) is 17.6 Å². The van der Waals surface area contributed by atoms with Crippen molar-refractivity contribution in [2.45, 2.75) is 44.6 Å². The van der Waals surface area contributed by atoms with Crippen molar-refractivity contribution in [2.24, 2.45) is 5.92 Å². The van der Waals surface area contributed by atoms with E-state index in [1.807, 2.05) is 0 Å². The van der Waals surface area contributed by atoms with Crippen LogP contribution < -0.4 is 10.6 Å². The van der Waals surface area contributed by atoms with Crippen LogP contribution in [0.5, 0.6) is 0 Å². The Morgan fingerprint density at radius 3 is 2.85 bits per heavy atom. The minimum atomic E-state index is 0.316. The molecule has 0 amide bonds. The first-order valence-electron chi connectivity index (χ1n) is 7.56. The highest BCUT2D eigenvalue weighted by atomic mass is 15.3. The summed E-state index contributed by atoms with van der Waals surface area (Å²) < 4.78 is 0. The molecule has 0 bridgehead atoms. The Hall–Kier alpha value is -1.85. The summed E-state index contributed by atoms with van der Waals surface area (Å²) in [6.45, 7) is 1.06. The SMILES string of the molecule is Nc1nc(N2CCCC2C2CCCC2)c2[nH]cnc2n1. The quantitative estimate of drug-likeness (QED) is 0.874. The van der Waals surface area contributed by atoms with Crippen molar-refractivity contribution in [2.75, 3.05) is 17.2 Å². The summed E-state index contributed by atoms with van der Waals surface area (Å²) in [5, 5.41) is 0. The molecule has 1 unspecified atom stereocenters. The monoisotopic (exact) mass is 272 g/mol. The molecular weight excluding hydrogens is 252 g/mol. The van der Waals surface area contributed by atoms with Gasteiger partial charge in [-0.15, -0.1) is 0 Å². The van der Waals surface area contributed by atoms with Gasteiger partial charge in [0.15, 0.2) is 11.5 Å². The molecule has 1 atom stereocenters. The molecule has 1 saturated heterocycles. The van der Waals surface area contributed by atoms with Gasteiger partial charge in [-0.2, -0.15) is 9.97 Å². The fraction of sp³-hybridized carbons (Fsp3) is 0.643. The van der Waals surface area contributed by atoms with E-state index in [2.05, 4.69) is 24.8 Å². The number of nitrogen functional groups attached to an aromatic ring is 1. The summed E-state index contributed by atoms with van der Waals surface area (Å²) in [6, 6.07) is 0.610. The normalized spacial score (nSPS) is 24.0. The number of hydrogen-bond donors (Lipinski definition) is 2. The Balaban J connectivity index is 1.75. The smallest absolute Gasteiger partial charge is 0.224 e. The maximum absolute atomic E-state index is 5.85. The molecule has 106 valence electrons. The largest absolute Gasteiger partial charge is 0.368 e. The molecule has 2 aromatic rings. The number of nitrogens with zero attached hydrogens (tertiary/aromatic N) is 4. The molecule has 1 aliphatic heterocycles. The Bertz CT molecular complexity index is 615. The van der Waals surface area contributed by atoms with Gasteiger partial charge in [-0.3, -0.25) is 0 Å². The first-order chi connectivity index (χ1) is 9.83. The van der Waals surface area contributed by atoms with Gasteiger partial charge in [-0.05, 0) is 31.6 Å². The summed E-state index contributed by atoms with van der Waals surface area (Å²) in [6.07, 6.45) is 9.64. The van der Waals surface area contributed by atoms with Crippen molar-refractivity contribution >= 4 is 22.9 Å². The zero-order chi connectivity index (χ0) is 13.5. The van der Waals surface area contributed by atoms with Gasteiger partial charge in [-0.1, -0.05) is 12.8 Å². The molecule has 2 aromatic heterocycles. The summed E-state index contributed by atoms with van der Waals surface area (Å²) in [5.41, 5.74) is 7.44. The maximum Gasteiger partial charge on any atom is 0.224 e. The highest BCUT2D eigenvalue weighted by Gasteiger charge is 2.35. The lowest BCUT2D eigenvalue weighted by Crippen LogP contribution is -2.35. The fourth-order valence-corrected chi connectivity index (χ4v) is 3.93. The molecule has 0 aromatic carbocycles. The summed E-state index contributed by atoms with van der Waals surface area (Å²) in [7, 11) is 0. The molecular formula is C14H20N6. The third-order valence-corrected chi connectivity index (χ3v) is 4.80. The van der Waals surface area contributed by atoms with E-state index in [4.69, 9.17) is 5.73 Å². The van der Waals surface area contributed by atoms with Crippen LogP contribution in [-0.2, 0) is 0 Å². The van der Waals surface area contributed by atoms with Crippen molar-refractivity contribution < 1.29 is 0 Å². The lowest BCUT2D eigenvalue weighted by atomic mass is 9.96. The lowest BCUT2D eigenvalue weighted by molar-refractivity contribution is 0.429. The molecule has 3 heterocycles. The van der Waals surface area contributed by atoms with E-state index < -0.39 is 0 Å². The minimum Gasteiger partial charge on any atom is -0.368 e. The van der Waals surface area contributed by atoms with E-state index in [9.17, 15) is 0 Å². The topological polar surface area (TPSA) is 83.7 Å². The van der Waals surface area contributed by atoms with E-state index >= 15 is 0 Å². The molecule has 3 N–H and O–H groups in total. The van der Waals surface area contributed by atoms with E-state index in [1.54, 1.807) is 6.33 Å². The van der Waals surface area contributed by atoms with Gasteiger partial charge >= 0.3 is 0 Å². The predicted molar refractivity (Wildman–Crippen MR) is 78.4 cm³/mol. The Kier molecular flexibility index (Phi) is 2.75. The van der Waals surface area contributed by atoms with Gasteiger partial charge < -0.3 is 15.6 Å². The molecule has 2 aliphatic rings. The lowest BCUT2D eigenvalue weighted by Gasteiger charge is -2.30. The number of aromatic nitrogens is 4. The van der Waals surface area contributed by atoms with Gasteiger partial charge in [0.05, 0.1) is 6.33 Å². The first kappa shape index (κ1) is 11.9. The van der Waals surface area contributed by atoms with Crippen LogP contribution in [0.15, 0.2) is 6.33 Å². The number of fused-ring (bicyclic) bond motifs is 1. The number of H-pyrrole nitrogens is 1. The third-order valence-electron chi connectivity index (χ3n) is 4.80. The van der Waals surface area contributed by atoms with Crippen LogP contribution in [0.3, 0.4) is 0 Å². The van der Waals surface area contributed by atoms with Gasteiger partial charge in [0, 0.05) is 12.6 Å². The average molecular weight is 272 g/mol. The van der Waals surface area contributed by atoms with Crippen LogP contribution in [0.4, 0.5) is 11.8 Å². The second-order valence-electron chi connectivity index (χ2n) is 5.95. The van der Waals surface area contributed by atoms with E-state index in [-0.39, 0.29) is 0 Å². The van der Waals surface area contributed by atoms with Gasteiger partial charge in [0.2, 0.25) is 5.95 Å². The molecule has 4 rings (SSSR count). The van der Waals surface area contributed by atoms with Gasteiger partial charge in [0.25, 0.3) is 0 Å². The molecule has 20 heavy (non-hydrogen) atoms. The molecule has 1 aliphatic carbocycles. The summed E-state index contributed by atoms with van der Waals surface area (Å²) in [4.78, 5) is 18.5. The van der Waals surface area contributed by atoms with E-state index in [1.165, 1.54) is 38.5 Å². The van der Waals surface area contributed by atoms with Crippen LogP contribution in [0.1, 0.15) is 38.5 Å². The van der Waals surface area contributed by atoms with Gasteiger partial charge in [0.1, 0.15) is 5.52 Å². The minimum absolute atomic E-state index is 0.316. The molecule has 0 spiro atoms. The molecule has 6 heteroatoms.